The van der Waals surface area contributed by atoms with Crippen molar-refractivity contribution in [2.75, 3.05) is 0 Å². The summed E-state index contributed by atoms with van der Waals surface area (Å²) in [5.74, 6) is 0. The van der Waals surface area contributed by atoms with E-state index < -0.39 is 4.92 Å². The lowest BCUT2D eigenvalue weighted by atomic mass is 10.1. The SMILES string of the molecule is Cc1ccc(CNCc2ccc([N+](=O)[O-])cc2)cc1Cl. The first-order chi connectivity index (χ1) is 9.56. The Kier molecular flexibility index (Phi) is 4.71. The van der Waals surface area contributed by atoms with E-state index in [1.165, 1.54) is 12.1 Å². The van der Waals surface area contributed by atoms with Gasteiger partial charge in [0.25, 0.3) is 5.69 Å². The van der Waals surface area contributed by atoms with Crippen molar-refractivity contribution < 1.29 is 4.92 Å². The molecule has 0 bridgehead atoms. The van der Waals surface area contributed by atoms with Crippen LogP contribution in [-0.4, -0.2) is 4.92 Å². The Balaban J connectivity index is 1.89. The maximum Gasteiger partial charge on any atom is 0.269 e. The minimum absolute atomic E-state index is 0.110. The van der Waals surface area contributed by atoms with Crippen LogP contribution in [0, 0.1) is 17.0 Å². The van der Waals surface area contributed by atoms with Gasteiger partial charge in [-0.15, -0.1) is 0 Å². The number of nitrogens with zero attached hydrogens (tertiary/aromatic N) is 1. The highest BCUT2D eigenvalue weighted by Gasteiger charge is 2.03. The highest BCUT2D eigenvalue weighted by molar-refractivity contribution is 6.31. The normalized spacial score (nSPS) is 10.5. The molecule has 0 amide bonds. The molecule has 2 rings (SSSR count). The summed E-state index contributed by atoms with van der Waals surface area (Å²) in [5.41, 5.74) is 3.29. The third kappa shape index (κ3) is 3.79. The Morgan fingerprint density at radius 3 is 2.30 bits per heavy atom. The van der Waals surface area contributed by atoms with Gasteiger partial charge in [0.1, 0.15) is 0 Å². The van der Waals surface area contributed by atoms with Crippen molar-refractivity contribution in [1.29, 1.82) is 0 Å². The predicted octanol–water partition coefficient (Wildman–Crippen LogP) is 3.85. The molecule has 0 atom stereocenters. The third-order valence-corrected chi connectivity index (χ3v) is 3.45. The molecule has 0 radical (unpaired) electrons. The number of hydrogen-bond acceptors (Lipinski definition) is 3. The summed E-state index contributed by atoms with van der Waals surface area (Å²) < 4.78 is 0. The molecule has 104 valence electrons. The van der Waals surface area contributed by atoms with E-state index in [0.717, 1.165) is 21.7 Å². The molecule has 0 unspecified atom stereocenters. The van der Waals surface area contributed by atoms with Crippen LogP contribution in [0.5, 0.6) is 0 Å². The highest BCUT2D eigenvalue weighted by Crippen LogP contribution is 2.17. The smallest absolute Gasteiger partial charge is 0.269 e. The Bertz CT molecular complexity index is 612. The number of hydrogen-bond donors (Lipinski definition) is 1. The van der Waals surface area contributed by atoms with Crippen LogP contribution in [0.3, 0.4) is 0 Å². The van der Waals surface area contributed by atoms with E-state index in [1.54, 1.807) is 12.1 Å². The summed E-state index contributed by atoms with van der Waals surface area (Å²) in [5, 5.41) is 14.6. The fourth-order valence-corrected chi connectivity index (χ4v) is 2.04. The minimum Gasteiger partial charge on any atom is -0.309 e. The second kappa shape index (κ2) is 6.50. The lowest BCUT2D eigenvalue weighted by molar-refractivity contribution is -0.384. The van der Waals surface area contributed by atoms with E-state index in [4.69, 9.17) is 11.6 Å². The van der Waals surface area contributed by atoms with E-state index in [9.17, 15) is 10.1 Å². The van der Waals surface area contributed by atoms with Crippen molar-refractivity contribution >= 4 is 17.3 Å². The topological polar surface area (TPSA) is 55.2 Å². The van der Waals surface area contributed by atoms with Gasteiger partial charge < -0.3 is 5.32 Å². The largest absolute Gasteiger partial charge is 0.309 e. The van der Waals surface area contributed by atoms with Crippen molar-refractivity contribution in [1.82, 2.24) is 5.32 Å². The molecule has 0 aliphatic heterocycles. The van der Waals surface area contributed by atoms with Gasteiger partial charge >= 0.3 is 0 Å². The maximum absolute atomic E-state index is 10.5. The fourth-order valence-electron chi connectivity index (χ4n) is 1.83. The molecule has 0 saturated carbocycles. The van der Waals surface area contributed by atoms with E-state index in [-0.39, 0.29) is 5.69 Å². The number of halogens is 1. The van der Waals surface area contributed by atoms with Crippen LogP contribution >= 0.6 is 11.6 Å². The van der Waals surface area contributed by atoms with Crippen LogP contribution in [0.2, 0.25) is 5.02 Å². The zero-order chi connectivity index (χ0) is 14.5. The Morgan fingerprint density at radius 1 is 1.10 bits per heavy atom. The molecule has 0 heterocycles. The zero-order valence-electron chi connectivity index (χ0n) is 11.1. The Labute approximate surface area is 122 Å². The van der Waals surface area contributed by atoms with Crippen LogP contribution in [0.25, 0.3) is 0 Å². The van der Waals surface area contributed by atoms with Gasteiger partial charge in [0, 0.05) is 30.2 Å². The minimum atomic E-state index is -0.397. The Hall–Kier alpha value is -1.91. The quantitative estimate of drug-likeness (QED) is 0.672. The van der Waals surface area contributed by atoms with Crippen molar-refractivity contribution in [2.24, 2.45) is 0 Å². The molecule has 2 aromatic rings. The van der Waals surface area contributed by atoms with E-state index in [2.05, 4.69) is 5.32 Å². The lowest BCUT2D eigenvalue weighted by Crippen LogP contribution is -2.12. The first-order valence-electron chi connectivity index (χ1n) is 6.25. The van der Waals surface area contributed by atoms with Crippen LogP contribution in [-0.2, 0) is 13.1 Å². The molecule has 1 N–H and O–H groups in total. The summed E-state index contributed by atoms with van der Waals surface area (Å²) >= 11 is 6.07. The molecule has 2 aromatic carbocycles. The molecule has 0 aromatic heterocycles. The molecule has 4 nitrogen and oxygen atoms in total. The second-order valence-electron chi connectivity index (χ2n) is 4.61. The number of rotatable bonds is 5. The Morgan fingerprint density at radius 2 is 1.70 bits per heavy atom. The first kappa shape index (κ1) is 14.5. The monoisotopic (exact) mass is 290 g/mol. The first-order valence-corrected chi connectivity index (χ1v) is 6.63. The summed E-state index contributed by atoms with van der Waals surface area (Å²) in [6.45, 7) is 3.33. The van der Waals surface area contributed by atoms with Crippen LogP contribution in [0.4, 0.5) is 5.69 Å². The highest BCUT2D eigenvalue weighted by atomic mass is 35.5. The average Bonchev–Trinajstić information content (AvgIpc) is 2.43. The van der Waals surface area contributed by atoms with Gasteiger partial charge in [0.05, 0.1) is 4.92 Å². The number of nitrogens with one attached hydrogen (secondary N) is 1. The van der Waals surface area contributed by atoms with Gasteiger partial charge in [-0.3, -0.25) is 10.1 Å². The van der Waals surface area contributed by atoms with Crippen molar-refractivity contribution in [3.8, 4) is 0 Å². The van der Waals surface area contributed by atoms with Gasteiger partial charge in [0.15, 0.2) is 0 Å². The molecule has 20 heavy (non-hydrogen) atoms. The third-order valence-electron chi connectivity index (χ3n) is 3.04. The van der Waals surface area contributed by atoms with Gasteiger partial charge in [-0.2, -0.15) is 0 Å². The van der Waals surface area contributed by atoms with Crippen molar-refractivity contribution in [3.63, 3.8) is 0 Å². The molecule has 0 aliphatic rings. The predicted molar refractivity (Wildman–Crippen MR) is 79.8 cm³/mol. The fraction of sp³-hybridized carbons (Fsp3) is 0.200. The lowest BCUT2D eigenvalue weighted by Gasteiger charge is -2.06. The standard InChI is InChI=1S/C15H15ClN2O2/c1-11-2-3-13(8-15(11)16)10-17-9-12-4-6-14(7-5-12)18(19)20/h2-8,17H,9-10H2,1H3. The number of nitro benzene ring substituents is 1. The molecule has 0 spiro atoms. The summed E-state index contributed by atoms with van der Waals surface area (Å²) in [7, 11) is 0. The van der Waals surface area contributed by atoms with Gasteiger partial charge in [-0.05, 0) is 29.7 Å². The number of non-ortho nitro benzene ring substituents is 1. The van der Waals surface area contributed by atoms with Gasteiger partial charge in [0.2, 0.25) is 0 Å². The van der Waals surface area contributed by atoms with E-state index >= 15 is 0 Å². The number of benzene rings is 2. The molecule has 5 heteroatoms. The number of aryl methyl sites for hydroxylation is 1. The molecular formula is C15H15ClN2O2. The summed E-state index contributed by atoms with van der Waals surface area (Å²) in [4.78, 5) is 10.2. The van der Waals surface area contributed by atoms with Crippen LogP contribution in [0.1, 0.15) is 16.7 Å². The van der Waals surface area contributed by atoms with Crippen LogP contribution < -0.4 is 5.32 Å². The molecule has 0 saturated heterocycles. The van der Waals surface area contributed by atoms with Gasteiger partial charge in [-0.25, -0.2) is 0 Å². The van der Waals surface area contributed by atoms with Crippen molar-refractivity contribution in [2.45, 2.75) is 20.0 Å². The average molecular weight is 291 g/mol. The molecule has 0 aliphatic carbocycles. The second-order valence-corrected chi connectivity index (χ2v) is 5.02. The molecular weight excluding hydrogens is 276 g/mol. The number of nitro groups is 1. The van der Waals surface area contributed by atoms with Crippen LogP contribution in [0.15, 0.2) is 42.5 Å². The zero-order valence-corrected chi connectivity index (χ0v) is 11.9. The van der Waals surface area contributed by atoms with E-state index in [0.29, 0.717) is 13.1 Å². The maximum atomic E-state index is 10.5. The summed E-state index contributed by atoms with van der Waals surface area (Å²) in [6, 6.07) is 12.5. The van der Waals surface area contributed by atoms with Gasteiger partial charge in [-0.1, -0.05) is 35.9 Å². The van der Waals surface area contributed by atoms with E-state index in [1.807, 2.05) is 25.1 Å². The summed E-state index contributed by atoms with van der Waals surface area (Å²) in [6.07, 6.45) is 0. The molecule has 0 fully saturated rings. The van der Waals surface area contributed by atoms with Crippen molar-refractivity contribution in [3.05, 3.63) is 74.3 Å².